The summed E-state index contributed by atoms with van der Waals surface area (Å²) in [7, 11) is 0. The Labute approximate surface area is 135 Å². The summed E-state index contributed by atoms with van der Waals surface area (Å²) < 4.78 is 0.998. The number of anilines is 1. The predicted molar refractivity (Wildman–Crippen MR) is 89.8 cm³/mol. The first-order valence-electron chi connectivity index (χ1n) is 7.64. The summed E-state index contributed by atoms with van der Waals surface area (Å²) in [5.41, 5.74) is 1.30. The Balaban J connectivity index is 1.84. The van der Waals surface area contributed by atoms with Gasteiger partial charge in [0.1, 0.15) is 0 Å². The van der Waals surface area contributed by atoms with E-state index in [1.807, 2.05) is 6.07 Å². The molecule has 1 aromatic rings. The van der Waals surface area contributed by atoms with Crippen LogP contribution >= 0.6 is 27.5 Å². The molecule has 2 atom stereocenters. The highest BCUT2D eigenvalue weighted by Crippen LogP contribution is 2.33. The molecule has 2 heterocycles. The largest absolute Gasteiger partial charge is 0.366 e. The minimum absolute atomic E-state index is 0.623. The maximum atomic E-state index is 6.13. The maximum absolute atomic E-state index is 6.13. The second kappa shape index (κ2) is 6.25. The monoisotopic (exact) mass is 356 g/mol. The van der Waals surface area contributed by atoms with E-state index >= 15 is 0 Å². The molecule has 2 aliphatic rings. The highest BCUT2D eigenvalue weighted by Gasteiger charge is 2.34. The standard InChI is InChI=1S/C16H22BrClN2/c1-2-12-10-19-8-4-3-5-14(19)11-20(12)13-6-7-16(18)15(17)9-13/h6-7,9,12,14H,2-5,8,10-11H2,1H3. The maximum Gasteiger partial charge on any atom is 0.0549 e. The molecule has 0 amide bonds. The molecule has 0 radical (unpaired) electrons. The first-order chi connectivity index (χ1) is 9.69. The van der Waals surface area contributed by atoms with Crippen LogP contribution in [0, 0.1) is 0 Å². The van der Waals surface area contributed by atoms with E-state index < -0.39 is 0 Å². The quantitative estimate of drug-likeness (QED) is 0.766. The molecule has 0 aliphatic carbocycles. The Morgan fingerprint density at radius 3 is 2.90 bits per heavy atom. The number of hydrogen-bond acceptors (Lipinski definition) is 2. The molecule has 4 heteroatoms. The van der Waals surface area contributed by atoms with Gasteiger partial charge >= 0.3 is 0 Å². The Bertz CT molecular complexity index is 480. The minimum Gasteiger partial charge on any atom is -0.366 e. The molecule has 0 spiro atoms. The van der Waals surface area contributed by atoms with Gasteiger partial charge in [0.25, 0.3) is 0 Å². The summed E-state index contributed by atoms with van der Waals surface area (Å²) in [6, 6.07) is 7.69. The smallest absolute Gasteiger partial charge is 0.0549 e. The molecule has 2 nitrogen and oxygen atoms in total. The Kier molecular flexibility index (Phi) is 4.58. The van der Waals surface area contributed by atoms with Gasteiger partial charge in [0.2, 0.25) is 0 Å². The first-order valence-corrected chi connectivity index (χ1v) is 8.82. The van der Waals surface area contributed by atoms with Crippen LogP contribution in [0.25, 0.3) is 0 Å². The van der Waals surface area contributed by atoms with Crippen molar-refractivity contribution in [2.24, 2.45) is 0 Å². The van der Waals surface area contributed by atoms with Crippen LogP contribution in [0.4, 0.5) is 5.69 Å². The van der Waals surface area contributed by atoms with E-state index in [1.165, 1.54) is 44.5 Å². The van der Waals surface area contributed by atoms with Crippen molar-refractivity contribution in [1.82, 2.24) is 4.90 Å². The van der Waals surface area contributed by atoms with Gasteiger partial charge in [-0.05, 0) is 59.9 Å². The lowest BCUT2D eigenvalue weighted by molar-refractivity contribution is 0.111. The highest BCUT2D eigenvalue weighted by atomic mass is 79.9. The third-order valence-corrected chi connectivity index (χ3v) is 5.96. The molecule has 0 aromatic heterocycles. The summed E-state index contributed by atoms with van der Waals surface area (Å²) in [6.45, 7) is 5.96. The van der Waals surface area contributed by atoms with Crippen molar-refractivity contribution < 1.29 is 0 Å². The molecular weight excluding hydrogens is 336 g/mol. The van der Waals surface area contributed by atoms with Gasteiger partial charge in [0.05, 0.1) is 5.02 Å². The van der Waals surface area contributed by atoms with Gasteiger partial charge in [-0.15, -0.1) is 0 Å². The van der Waals surface area contributed by atoms with Crippen molar-refractivity contribution in [3.63, 3.8) is 0 Å². The fourth-order valence-electron chi connectivity index (χ4n) is 3.58. The molecule has 0 bridgehead atoms. The van der Waals surface area contributed by atoms with Crippen LogP contribution in [0.2, 0.25) is 5.02 Å². The van der Waals surface area contributed by atoms with Crippen LogP contribution in [-0.4, -0.2) is 36.6 Å². The van der Waals surface area contributed by atoms with Crippen molar-refractivity contribution >= 4 is 33.2 Å². The molecule has 2 saturated heterocycles. The molecule has 1 aromatic carbocycles. The van der Waals surface area contributed by atoms with Crippen molar-refractivity contribution in [3.8, 4) is 0 Å². The molecule has 110 valence electrons. The van der Waals surface area contributed by atoms with Gasteiger partial charge < -0.3 is 4.90 Å². The van der Waals surface area contributed by atoms with E-state index in [9.17, 15) is 0 Å². The first kappa shape index (κ1) is 14.7. The van der Waals surface area contributed by atoms with Gasteiger partial charge in [0, 0.05) is 35.3 Å². The lowest BCUT2D eigenvalue weighted by atomic mass is 9.95. The van der Waals surface area contributed by atoms with E-state index in [0.717, 1.165) is 22.1 Å². The van der Waals surface area contributed by atoms with Crippen molar-refractivity contribution in [3.05, 3.63) is 27.7 Å². The number of halogens is 2. The van der Waals surface area contributed by atoms with E-state index in [2.05, 4.69) is 44.8 Å². The fourth-order valence-corrected chi connectivity index (χ4v) is 4.07. The molecular formula is C16H22BrClN2. The zero-order chi connectivity index (χ0) is 14.1. The summed E-state index contributed by atoms with van der Waals surface area (Å²) >= 11 is 9.68. The van der Waals surface area contributed by atoms with Crippen LogP contribution in [0.1, 0.15) is 32.6 Å². The van der Waals surface area contributed by atoms with Crippen LogP contribution in [0.3, 0.4) is 0 Å². The number of hydrogen-bond donors (Lipinski definition) is 0. The van der Waals surface area contributed by atoms with Crippen molar-refractivity contribution in [2.45, 2.75) is 44.7 Å². The average Bonchev–Trinajstić information content (AvgIpc) is 2.48. The second-order valence-corrected chi connectivity index (χ2v) is 7.22. The molecule has 2 fully saturated rings. The topological polar surface area (TPSA) is 6.48 Å². The summed E-state index contributed by atoms with van der Waals surface area (Å²) in [5, 5.41) is 0.790. The van der Waals surface area contributed by atoms with E-state index in [1.54, 1.807) is 0 Å². The van der Waals surface area contributed by atoms with Gasteiger partial charge in [0.15, 0.2) is 0 Å². The molecule has 2 aliphatic heterocycles. The zero-order valence-corrected chi connectivity index (χ0v) is 14.3. The normalized spacial score (nSPS) is 27.4. The SMILES string of the molecule is CCC1CN2CCCCC2CN1c1ccc(Cl)c(Br)c1. The van der Waals surface area contributed by atoms with E-state index in [0.29, 0.717) is 6.04 Å². The lowest BCUT2D eigenvalue weighted by Gasteiger charge is -2.49. The number of piperidine rings is 1. The second-order valence-electron chi connectivity index (χ2n) is 5.96. The van der Waals surface area contributed by atoms with Crippen molar-refractivity contribution in [2.75, 3.05) is 24.5 Å². The number of piperazine rings is 1. The molecule has 0 saturated carbocycles. The predicted octanol–water partition coefficient (Wildman–Crippen LogP) is 4.56. The Hall–Kier alpha value is -0.250. The third kappa shape index (κ3) is 2.86. The van der Waals surface area contributed by atoms with Crippen LogP contribution < -0.4 is 4.90 Å². The van der Waals surface area contributed by atoms with Crippen molar-refractivity contribution in [1.29, 1.82) is 0 Å². The van der Waals surface area contributed by atoms with Gasteiger partial charge in [-0.3, -0.25) is 4.90 Å². The molecule has 3 rings (SSSR count). The minimum atomic E-state index is 0.623. The summed E-state index contributed by atoms with van der Waals surface area (Å²) in [5.74, 6) is 0. The number of fused-ring (bicyclic) bond motifs is 1. The Morgan fingerprint density at radius 1 is 1.30 bits per heavy atom. The number of benzene rings is 1. The lowest BCUT2D eigenvalue weighted by Crippen LogP contribution is -2.59. The van der Waals surface area contributed by atoms with Gasteiger partial charge in [-0.1, -0.05) is 24.9 Å². The van der Waals surface area contributed by atoms with Crippen LogP contribution in [-0.2, 0) is 0 Å². The Morgan fingerprint density at radius 2 is 2.15 bits per heavy atom. The van der Waals surface area contributed by atoms with E-state index in [4.69, 9.17) is 11.6 Å². The highest BCUT2D eigenvalue weighted by molar-refractivity contribution is 9.10. The average molecular weight is 358 g/mol. The summed E-state index contributed by atoms with van der Waals surface area (Å²) in [6.07, 6.45) is 5.31. The number of rotatable bonds is 2. The number of nitrogens with zero attached hydrogens (tertiary/aromatic N) is 2. The third-order valence-electron chi connectivity index (χ3n) is 4.75. The molecule has 20 heavy (non-hydrogen) atoms. The molecule has 0 N–H and O–H groups in total. The molecule has 2 unspecified atom stereocenters. The van der Waals surface area contributed by atoms with Gasteiger partial charge in [-0.25, -0.2) is 0 Å². The van der Waals surface area contributed by atoms with Crippen LogP contribution in [0.5, 0.6) is 0 Å². The fraction of sp³-hybridized carbons (Fsp3) is 0.625. The van der Waals surface area contributed by atoms with Crippen LogP contribution in [0.15, 0.2) is 22.7 Å². The van der Waals surface area contributed by atoms with E-state index in [-0.39, 0.29) is 0 Å². The summed E-state index contributed by atoms with van der Waals surface area (Å²) in [4.78, 5) is 5.30. The van der Waals surface area contributed by atoms with Gasteiger partial charge in [-0.2, -0.15) is 0 Å². The zero-order valence-electron chi connectivity index (χ0n) is 12.0.